The van der Waals surface area contributed by atoms with Gasteiger partial charge in [0.1, 0.15) is 17.6 Å². The van der Waals surface area contributed by atoms with E-state index in [1.807, 2.05) is 85.8 Å². The molecular formula is C37H31N3O3. The van der Waals surface area contributed by atoms with Gasteiger partial charge in [-0.1, -0.05) is 96.9 Å². The molecule has 0 amide bonds. The summed E-state index contributed by atoms with van der Waals surface area (Å²) < 4.78 is 5.65. The second-order valence-corrected chi connectivity index (χ2v) is 9.88. The summed E-state index contributed by atoms with van der Waals surface area (Å²) in [6, 6.07) is 30.9. The highest BCUT2D eigenvalue weighted by atomic mass is 16.5. The van der Waals surface area contributed by atoms with E-state index in [0.717, 1.165) is 33.4 Å². The van der Waals surface area contributed by atoms with Crippen LogP contribution in [0.3, 0.4) is 0 Å². The average molecular weight is 566 g/mol. The Bertz CT molecular complexity index is 1800. The molecule has 1 atom stereocenters. The highest BCUT2D eigenvalue weighted by molar-refractivity contribution is 5.78. The maximum Gasteiger partial charge on any atom is 0.167 e. The predicted molar refractivity (Wildman–Crippen MR) is 172 cm³/mol. The lowest BCUT2D eigenvalue weighted by Gasteiger charge is -2.14. The molecule has 1 aromatic heterocycles. The molecule has 1 heterocycles. The van der Waals surface area contributed by atoms with Gasteiger partial charge in [0.2, 0.25) is 0 Å². The third-order valence-electron chi connectivity index (χ3n) is 6.75. The number of phenolic OH excluding ortho intramolecular Hbond substituents is 1. The molecule has 0 spiro atoms. The molecule has 5 rings (SSSR count). The molecule has 0 aliphatic rings. The minimum atomic E-state index is -0.411. The number of allylic oxidation sites excluding steroid dienone is 4. The van der Waals surface area contributed by atoms with Crippen molar-refractivity contribution >= 4 is 5.57 Å². The van der Waals surface area contributed by atoms with E-state index in [9.17, 15) is 10.2 Å². The van der Waals surface area contributed by atoms with Gasteiger partial charge in [0.25, 0.3) is 0 Å². The van der Waals surface area contributed by atoms with Gasteiger partial charge in [-0.3, -0.25) is 0 Å². The lowest BCUT2D eigenvalue weighted by Crippen LogP contribution is -2.16. The van der Waals surface area contributed by atoms with Gasteiger partial charge in [0.05, 0.1) is 12.2 Å². The van der Waals surface area contributed by atoms with Crippen LogP contribution in [-0.2, 0) is 0 Å². The fourth-order valence-corrected chi connectivity index (χ4v) is 4.55. The van der Waals surface area contributed by atoms with Crippen LogP contribution in [-0.4, -0.2) is 37.9 Å². The van der Waals surface area contributed by atoms with Gasteiger partial charge < -0.3 is 14.9 Å². The number of aromatic hydroxyl groups is 1. The second kappa shape index (κ2) is 13.4. The normalized spacial score (nSPS) is 12.2. The van der Waals surface area contributed by atoms with Crippen molar-refractivity contribution in [2.45, 2.75) is 20.0 Å². The first-order valence-electron chi connectivity index (χ1n) is 13.9. The molecule has 0 bridgehead atoms. The van der Waals surface area contributed by atoms with E-state index in [-0.39, 0.29) is 12.4 Å². The van der Waals surface area contributed by atoms with Crippen LogP contribution in [0.1, 0.15) is 19.4 Å². The van der Waals surface area contributed by atoms with Crippen LogP contribution in [0.5, 0.6) is 11.5 Å². The first-order chi connectivity index (χ1) is 21.0. The van der Waals surface area contributed by atoms with Crippen LogP contribution >= 0.6 is 0 Å². The molecule has 0 saturated heterocycles. The van der Waals surface area contributed by atoms with E-state index in [1.54, 1.807) is 25.1 Å². The lowest BCUT2D eigenvalue weighted by molar-refractivity contribution is 0.129. The first kappa shape index (κ1) is 29.0. The summed E-state index contributed by atoms with van der Waals surface area (Å²) in [6.07, 6.45) is 10.8. The van der Waals surface area contributed by atoms with Gasteiger partial charge in [-0.25, -0.2) is 15.0 Å². The minimum Gasteiger partial charge on any atom is -0.507 e. The quantitative estimate of drug-likeness (QED) is 0.141. The Hall–Kier alpha value is -5.51. The average Bonchev–Trinajstić information content (AvgIpc) is 3.05. The SMILES string of the molecule is C#CC=C(C=CC)c1ccc(-c2nc(-c3ccc(-c4ccccc4)cc3)nc(-c3ccc(OC(C)CO)cc3O)n2)cc1. The number of terminal acetylenes is 1. The Morgan fingerprint density at radius 3 is 1.98 bits per heavy atom. The number of aliphatic hydroxyl groups excluding tert-OH is 1. The number of phenols is 1. The summed E-state index contributed by atoms with van der Waals surface area (Å²) in [6.45, 7) is 3.55. The Kier molecular flexibility index (Phi) is 9.06. The Labute approximate surface area is 251 Å². The summed E-state index contributed by atoms with van der Waals surface area (Å²) in [5.74, 6) is 4.23. The van der Waals surface area contributed by atoms with Gasteiger partial charge in [0, 0.05) is 17.2 Å². The third-order valence-corrected chi connectivity index (χ3v) is 6.75. The number of nitrogens with zero attached hydrogens (tertiary/aromatic N) is 3. The molecule has 0 saturated carbocycles. The molecule has 6 heteroatoms. The van der Waals surface area contributed by atoms with Gasteiger partial charge in [0.15, 0.2) is 17.5 Å². The van der Waals surface area contributed by atoms with Gasteiger partial charge in [-0.05, 0) is 54.3 Å². The molecule has 0 aliphatic heterocycles. The molecular weight excluding hydrogens is 534 g/mol. The monoisotopic (exact) mass is 565 g/mol. The summed E-state index contributed by atoms with van der Waals surface area (Å²) >= 11 is 0. The molecule has 212 valence electrons. The van der Waals surface area contributed by atoms with E-state index in [0.29, 0.717) is 28.8 Å². The van der Waals surface area contributed by atoms with Crippen LogP contribution in [0.15, 0.2) is 115 Å². The third kappa shape index (κ3) is 6.87. The molecule has 4 aromatic carbocycles. The zero-order valence-electron chi connectivity index (χ0n) is 24.0. The number of hydrogen-bond donors (Lipinski definition) is 2. The van der Waals surface area contributed by atoms with Crippen molar-refractivity contribution in [1.29, 1.82) is 0 Å². The molecule has 2 N–H and O–H groups in total. The van der Waals surface area contributed by atoms with E-state index in [4.69, 9.17) is 26.1 Å². The van der Waals surface area contributed by atoms with Gasteiger partial charge in [-0.15, -0.1) is 6.42 Å². The first-order valence-corrected chi connectivity index (χ1v) is 13.9. The van der Waals surface area contributed by atoms with Gasteiger partial charge >= 0.3 is 0 Å². The maximum atomic E-state index is 10.9. The number of aliphatic hydroxyl groups is 1. The zero-order valence-corrected chi connectivity index (χ0v) is 24.0. The molecule has 5 aromatic rings. The van der Waals surface area contributed by atoms with Crippen molar-refractivity contribution in [2.24, 2.45) is 0 Å². The Balaban J connectivity index is 1.58. The largest absolute Gasteiger partial charge is 0.507 e. The zero-order chi connectivity index (χ0) is 30.2. The van der Waals surface area contributed by atoms with Crippen molar-refractivity contribution < 1.29 is 14.9 Å². The predicted octanol–water partition coefficient (Wildman–Crippen LogP) is 7.60. The van der Waals surface area contributed by atoms with Crippen LogP contribution in [0.25, 0.3) is 50.9 Å². The molecule has 0 aliphatic carbocycles. The van der Waals surface area contributed by atoms with Crippen molar-refractivity contribution in [3.63, 3.8) is 0 Å². The van der Waals surface area contributed by atoms with Crippen molar-refractivity contribution in [3.8, 4) is 69.1 Å². The van der Waals surface area contributed by atoms with Crippen LogP contribution < -0.4 is 4.74 Å². The van der Waals surface area contributed by atoms with Crippen LogP contribution in [0, 0.1) is 12.3 Å². The molecule has 6 nitrogen and oxygen atoms in total. The fraction of sp³-hybridized carbons (Fsp3) is 0.108. The number of aromatic nitrogens is 3. The standard InChI is InChI=1S/C37H31N3O3/c1-4-9-26(10-5-2)28-13-17-30(18-14-28)35-38-36(31-19-15-29(16-20-31)27-11-7-6-8-12-27)40-37(39-35)33-22-21-32(23-34(33)42)43-25(3)24-41/h1,5-23,25,41-42H,24H2,2-3H3. The fourth-order valence-electron chi connectivity index (χ4n) is 4.55. The Morgan fingerprint density at radius 1 is 0.814 bits per heavy atom. The summed E-state index contributed by atoms with van der Waals surface area (Å²) in [4.78, 5) is 14.3. The number of benzene rings is 4. The molecule has 0 fully saturated rings. The Morgan fingerprint density at radius 2 is 1.40 bits per heavy atom. The van der Waals surface area contributed by atoms with Crippen molar-refractivity contribution in [1.82, 2.24) is 15.0 Å². The van der Waals surface area contributed by atoms with E-state index in [1.165, 1.54) is 6.07 Å². The number of hydrogen-bond acceptors (Lipinski definition) is 6. The van der Waals surface area contributed by atoms with Crippen molar-refractivity contribution in [3.05, 3.63) is 121 Å². The van der Waals surface area contributed by atoms with E-state index < -0.39 is 6.10 Å². The minimum absolute atomic E-state index is 0.0454. The molecule has 43 heavy (non-hydrogen) atoms. The number of ether oxygens (including phenoxy) is 1. The van der Waals surface area contributed by atoms with Crippen molar-refractivity contribution in [2.75, 3.05) is 6.61 Å². The highest BCUT2D eigenvalue weighted by Gasteiger charge is 2.16. The van der Waals surface area contributed by atoms with Crippen LogP contribution in [0.2, 0.25) is 0 Å². The molecule has 0 radical (unpaired) electrons. The second-order valence-electron chi connectivity index (χ2n) is 9.88. The summed E-state index contributed by atoms with van der Waals surface area (Å²) in [5, 5.41) is 20.3. The van der Waals surface area contributed by atoms with E-state index >= 15 is 0 Å². The smallest absolute Gasteiger partial charge is 0.167 e. The lowest BCUT2D eigenvalue weighted by atomic mass is 10.0. The highest BCUT2D eigenvalue weighted by Crippen LogP contribution is 2.33. The summed E-state index contributed by atoms with van der Waals surface area (Å²) in [7, 11) is 0. The maximum absolute atomic E-state index is 10.9. The number of rotatable bonds is 9. The molecule has 1 unspecified atom stereocenters. The summed E-state index contributed by atoms with van der Waals surface area (Å²) in [5.41, 5.74) is 6.11. The topological polar surface area (TPSA) is 88.4 Å². The van der Waals surface area contributed by atoms with Crippen LogP contribution in [0.4, 0.5) is 0 Å². The van der Waals surface area contributed by atoms with Gasteiger partial charge in [-0.2, -0.15) is 0 Å². The van der Waals surface area contributed by atoms with E-state index in [2.05, 4.69) is 18.1 Å².